The molecule has 4 heteroatoms. The van der Waals surface area contributed by atoms with Gasteiger partial charge in [0.1, 0.15) is 11.6 Å². The molecule has 3 nitrogen and oxygen atoms in total. The highest BCUT2D eigenvalue weighted by molar-refractivity contribution is 6.05. The Kier molecular flexibility index (Phi) is 3.51. The van der Waals surface area contributed by atoms with Gasteiger partial charge in [-0.05, 0) is 61.4 Å². The third-order valence-electron chi connectivity index (χ3n) is 2.89. The van der Waals surface area contributed by atoms with Gasteiger partial charge >= 0.3 is 0 Å². The van der Waals surface area contributed by atoms with Crippen molar-refractivity contribution in [1.82, 2.24) is 0 Å². The fourth-order valence-corrected chi connectivity index (χ4v) is 1.86. The Bertz CT molecular complexity index is 638. The van der Waals surface area contributed by atoms with Crippen LogP contribution in [0.3, 0.4) is 0 Å². The number of carbonyl (C=O) groups is 1. The quantitative estimate of drug-likeness (QED) is 0.868. The second-order valence-corrected chi connectivity index (χ2v) is 4.41. The van der Waals surface area contributed by atoms with Crippen molar-refractivity contribution >= 4 is 11.6 Å². The molecule has 0 saturated carbocycles. The van der Waals surface area contributed by atoms with E-state index in [4.69, 9.17) is 0 Å². The largest absolute Gasteiger partial charge is 0.508 e. The number of rotatable bonds is 2. The number of hydrogen-bond donors (Lipinski definition) is 2. The first-order valence-electron chi connectivity index (χ1n) is 5.84. The van der Waals surface area contributed by atoms with Gasteiger partial charge in [0.15, 0.2) is 0 Å². The minimum Gasteiger partial charge on any atom is -0.508 e. The predicted octanol–water partition coefficient (Wildman–Crippen LogP) is 3.40. The fourth-order valence-electron chi connectivity index (χ4n) is 1.86. The number of phenols is 1. The van der Waals surface area contributed by atoms with Crippen molar-refractivity contribution in [3.05, 3.63) is 58.9 Å². The molecule has 0 bridgehead atoms. The molecular formula is C15H14FNO2. The summed E-state index contributed by atoms with van der Waals surface area (Å²) in [6, 6.07) is 8.72. The summed E-state index contributed by atoms with van der Waals surface area (Å²) >= 11 is 0. The van der Waals surface area contributed by atoms with Gasteiger partial charge in [0, 0.05) is 11.3 Å². The molecule has 0 saturated heterocycles. The Morgan fingerprint density at radius 3 is 2.47 bits per heavy atom. The summed E-state index contributed by atoms with van der Waals surface area (Å²) < 4.78 is 13.0. The average molecular weight is 259 g/mol. The van der Waals surface area contributed by atoms with Crippen LogP contribution in [-0.4, -0.2) is 11.0 Å². The summed E-state index contributed by atoms with van der Waals surface area (Å²) in [5.74, 6) is -0.504. The lowest BCUT2D eigenvalue weighted by Crippen LogP contribution is -2.14. The van der Waals surface area contributed by atoms with Gasteiger partial charge in [-0.15, -0.1) is 0 Å². The van der Waals surface area contributed by atoms with Crippen molar-refractivity contribution < 1.29 is 14.3 Å². The average Bonchev–Trinajstić information content (AvgIpc) is 2.32. The van der Waals surface area contributed by atoms with E-state index in [2.05, 4.69) is 5.32 Å². The third kappa shape index (κ3) is 2.91. The molecule has 19 heavy (non-hydrogen) atoms. The molecule has 0 atom stereocenters. The zero-order chi connectivity index (χ0) is 14.0. The first kappa shape index (κ1) is 13.1. The van der Waals surface area contributed by atoms with Gasteiger partial charge < -0.3 is 10.4 Å². The second-order valence-electron chi connectivity index (χ2n) is 4.41. The summed E-state index contributed by atoms with van der Waals surface area (Å²) in [6.45, 7) is 3.47. The van der Waals surface area contributed by atoms with Crippen molar-refractivity contribution in [2.24, 2.45) is 0 Å². The van der Waals surface area contributed by atoms with Crippen LogP contribution in [0.4, 0.5) is 10.1 Å². The summed E-state index contributed by atoms with van der Waals surface area (Å²) in [6.07, 6.45) is 0. The van der Waals surface area contributed by atoms with Gasteiger partial charge in [-0.3, -0.25) is 4.79 Å². The number of amides is 1. The lowest BCUT2D eigenvalue weighted by molar-refractivity contribution is 0.102. The molecule has 2 N–H and O–H groups in total. The highest BCUT2D eigenvalue weighted by Gasteiger charge is 2.11. The van der Waals surface area contributed by atoms with E-state index in [1.807, 2.05) is 0 Å². The lowest BCUT2D eigenvalue weighted by Gasteiger charge is -2.10. The van der Waals surface area contributed by atoms with Crippen molar-refractivity contribution in [3.63, 3.8) is 0 Å². The van der Waals surface area contributed by atoms with Crippen LogP contribution >= 0.6 is 0 Å². The predicted molar refractivity (Wildman–Crippen MR) is 71.9 cm³/mol. The molecule has 2 aromatic rings. The summed E-state index contributed by atoms with van der Waals surface area (Å²) in [5.41, 5.74) is 2.38. The minimum absolute atomic E-state index is 0.118. The highest BCUT2D eigenvalue weighted by Crippen LogP contribution is 2.20. The van der Waals surface area contributed by atoms with E-state index in [0.717, 1.165) is 0 Å². The van der Waals surface area contributed by atoms with Gasteiger partial charge in [0.2, 0.25) is 0 Å². The third-order valence-corrected chi connectivity index (χ3v) is 2.89. The fraction of sp³-hybridized carbons (Fsp3) is 0.133. The van der Waals surface area contributed by atoms with E-state index in [-0.39, 0.29) is 17.5 Å². The van der Waals surface area contributed by atoms with Crippen LogP contribution < -0.4 is 5.32 Å². The molecule has 98 valence electrons. The first-order chi connectivity index (χ1) is 8.97. The molecule has 0 unspecified atom stereocenters. The highest BCUT2D eigenvalue weighted by atomic mass is 19.1. The van der Waals surface area contributed by atoms with Crippen LogP contribution in [0.2, 0.25) is 0 Å². The monoisotopic (exact) mass is 259 g/mol. The molecule has 0 aliphatic carbocycles. The summed E-state index contributed by atoms with van der Waals surface area (Å²) in [5, 5.41) is 12.0. The maximum atomic E-state index is 13.0. The van der Waals surface area contributed by atoms with E-state index in [1.54, 1.807) is 19.9 Å². The van der Waals surface area contributed by atoms with Crippen molar-refractivity contribution in [3.8, 4) is 5.75 Å². The van der Waals surface area contributed by atoms with Gasteiger partial charge in [-0.1, -0.05) is 0 Å². The van der Waals surface area contributed by atoms with Crippen LogP contribution in [0.1, 0.15) is 21.5 Å². The summed E-state index contributed by atoms with van der Waals surface area (Å²) in [4.78, 5) is 12.1. The number of nitrogens with one attached hydrogen (secondary N) is 1. The maximum absolute atomic E-state index is 13.0. The zero-order valence-corrected chi connectivity index (χ0v) is 10.7. The Morgan fingerprint density at radius 2 is 1.84 bits per heavy atom. The minimum atomic E-state index is -0.337. The maximum Gasteiger partial charge on any atom is 0.255 e. The summed E-state index contributed by atoms with van der Waals surface area (Å²) in [7, 11) is 0. The molecule has 0 radical (unpaired) electrons. The van der Waals surface area contributed by atoms with Crippen molar-refractivity contribution in [2.75, 3.05) is 5.32 Å². The normalized spacial score (nSPS) is 10.3. The molecule has 2 rings (SSSR count). The van der Waals surface area contributed by atoms with Crippen LogP contribution in [-0.2, 0) is 0 Å². The number of anilines is 1. The molecule has 0 aromatic heterocycles. The number of hydrogen-bond acceptors (Lipinski definition) is 2. The van der Waals surface area contributed by atoms with Crippen molar-refractivity contribution in [2.45, 2.75) is 13.8 Å². The number of phenolic OH excluding ortho intramolecular Hbond substituents is 1. The van der Waals surface area contributed by atoms with E-state index in [0.29, 0.717) is 22.4 Å². The van der Waals surface area contributed by atoms with Gasteiger partial charge in [-0.2, -0.15) is 0 Å². The molecule has 1 amide bonds. The number of carbonyl (C=O) groups excluding carboxylic acids is 1. The Morgan fingerprint density at radius 1 is 1.11 bits per heavy atom. The number of aryl methyl sites for hydroxylation is 2. The second kappa shape index (κ2) is 5.10. The van der Waals surface area contributed by atoms with Crippen molar-refractivity contribution in [1.29, 1.82) is 0 Å². The van der Waals surface area contributed by atoms with E-state index in [1.165, 1.54) is 30.3 Å². The molecule has 0 fully saturated rings. The van der Waals surface area contributed by atoms with E-state index in [9.17, 15) is 14.3 Å². The molecule has 0 heterocycles. The molecular weight excluding hydrogens is 245 g/mol. The SMILES string of the molecule is Cc1cc(F)ccc1NC(=O)c1ccc(O)cc1C. The van der Waals surface area contributed by atoms with E-state index < -0.39 is 0 Å². The Hall–Kier alpha value is -2.36. The van der Waals surface area contributed by atoms with E-state index >= 15 is 0 Å². The van der Waals surface area contributed by atoms with Gasteiger partial charge in [0.25, 0.3) is 5.91 Å². The van der Waals surface area contributed by atoms with Gasteiger partial charge in [-0.25, -0.2) is 4.39 Å². The first-order valence-corrected chi connectivity index (χ1v) is 5.84. The molecule has 0 aliphatic rings. The van der Waals surface area contributed by atoms with Crippen LogP contribution in [0.5, 0.6) is 5.75 Å². The van der Waals surface area contributed by atoms with Crippen LogP contribution in [0, 0.1) is 19.7 Å². The number of benzene rings is 2. The molecule has 2 aromatic carbocycles. The topological polar surface area (TPSA) is 49.3 Å². The number of halogens is 1. The standard InChI is InChI=1S/C15H14FNO2/c1-9-8-12(18)4-5-13(9)15(19)17-14-6-3-11(16)7-10(14)2/h3-8,18H,1-2H3,(H,17,19). The molecule has 0 aliphatic heterocycles. The smallest absolute Gasteiger partial charge is 0.255 e. The van der Waals surface area contributed by atoms with Gasteiger partial charge in [0.05, 0.1) is 0 Å². The zero-order valence-electron chi connectivity index (χ0n) is 10.7. The van der Waals surface area contributed by atoms with Crippen LogP contribution in [0.15, 0.2) is 36.4 Å². The number of aromatic hydroxyl groups is 1. The lowest BCUT2D eigenvalue weighted by atomic mass is 10.1. The Labute approximate surface area is 110 Å². The Balaban J connectivity index is 2.25. The molecule has 0 spiro atoms. The van der Waals surface area contributed by atoms with Crippen LogP contribution in [0.25, 0.3) is 0 Å².